The highest BCUT2D eigenvalue weighted by molar-refractivity contribution is 9.10. The van der Waals surface area contributed by atoms with Crippen LogP contribution >= 0.6 is 15.9 Å². The van der Waals surface area contributed by atoms with Crippen LogP contribution in [0.4, 0.5) is 5.82 Å². The van der Waals surface area contributed by atoms with Crippen molar-refractivity contribution in [3.63, 3.8) is 0 Å². The zero-order valence-corrected chi connectivity index (χ0v) is 15.0. The molecule has 114 valence electrons. The predicted molar refractivity (Wildman–Crippen MR) is 90.3 cm³/mol. The van der Waals surface area contributed by atoms with Crippen molar-refractivity contribution in [1.29, 1.82) is 0 Å². The van der Waals surface area contributed by atoms with Crippen molar-refractivity contribution in [3.8, 4) is 0 Å². The van der Waals surface area contributed by atoms with Crippen molar-refractivity contribution in [2.75, 3.05) is 5.32 Å². The summed E-state index contributed by atoms with van der Waals surface area (Å²) in [6.45, 7) is 10.9. The molecule has 4 heteroatoms. The van der Waals surface area contributed by atoms with E-state index in [2.05, 4.69) is 65.8 Å². The van der Waals surface area contributed by atoms with Crippen LogP contribution in [-0.4, -0.2) is 16.0 Å². The molecule has 0 aliphatic heterocycles. The normalized spacial score (nSPS) is 13.3. The topological polar surface area (TPSA) is 37.8 Å². The number of hydrogen-bond donors (Lipinski definition) is 1. The van der Waals surface area contributed by atoms with Crippen molar-refractivity contribution in [3.05, 3.63) is 16.5 Å². The van der Waals surface area contributed by atoms with Crippen LogP contribution in [0.15, 0.2) is 10.7 Å². The Hall–Kier alpha value is -0.640. The van der Waals surface area contributed by atoms with Crippen LogP contribution < -0.4 is 5.32 Å². The molecule has 1 heterocycles. The standard InChI is InChI=1S/C16H28BrN3/c1-6-7-8-9-10-12(2)18-14-11-13(17)19-15(20-14)16(3,4)5/h11-12H,6-10H2,1-5H3,(H,18,19,20). The monoisotopic (exact) mass is 341 g/mol. The Labute approximate surface area is 132 Å². The molecule has 0 spiro atoms. The van der Waals surface area contributed by atoms with Gasteiger partial charge in [-0.2, -0.15) is 0 Å². The van der Waals surface area contributed by atoms with Gasteiger partial charge in [0.05, 0.1) is 0 Å². The minimum atomic E-state index is -0.0371. The van der Waals surface area contributed by atoms with Crippen molar-refractivity contribution in [2.24, 2.45) is 0 Å². The van der Waals surface area contributed by atoms with Gasteiger partial charge in [0.25, 0.3) is 0 Å². The second kappa shape index (κ2) is 7.96. The number of rotatable bonds is 7. The van der Waals surface area contributed by atoms with Crippen molar-refractivity contribution in [2.45, 2.75) is 78.2 Å². The van der Waals surface area contributed by atoms with Crippen LogP contribution in [0.1, 0.15) is 72.5 Å². The summed E-state index contributed by atoms with van der Waals surface area (Å²) in [6, 6.07) is 2.40. The van der Waals surface area contributed by atoms with E-state index in [4.69, 9.17) is 0 Å². The van der Waals surface area contributed by atoms with Crippen LogP contribution in [0.5, 0.6) is 0 Å². The minimum absolute atomic E-state index is 0.0371. The Morgan fingerprint density at radius 1 is 1.20 bits per heavy atom. The lowest BCUT2D eigenvalue weighted by Gasteiger charge is -2.20. The Balaban J connectivity index is 2.61. The third-order valence-electron chi connectivity index (χ3n) is 3.25. The largest absolute Gasteiger partial charge is 0.367 e. The van der Waals surface area contributed by atoms with Crippen LogP contribution in [0.25, 0.3) is 0 Å². The summed E-state index contributed by atoms with van der Waals surface area (Å²) in [7, 11) is 0. The van der Waals surface area contributed by atoms with Crippen molar-refractivity contribution >= 4 is 21.7 Å². The third kappa shape index (κ3) is 6.21. The molecule has 0 aliphatic rings. The molecule has 1 N–H and O–H groups in total. The number of halogens is 1. The lowest BCUT2D eigenvalue weighted by molar-refractivity contribution is 0.542. The SMILES string of the molecule is CCCCCCC(C)Nc1cc(Br)nc(C(C)(C)C)n1. The Morgan fingerprint density at radius 3 is 2.50 bits per heavy atom. The smallest absolute Gasteiger partial charge is 0.137 e. The molecule has 3 nitrogen and oxygen atoms in total. The molecule has 20 heavy (non-hydrogen) atoms. The molecular formula is C16H28BrN3. The summed E-state index contributed by atoms with van der Waals surface area (Å²) in [5, 5.41) is 3.49. The maximum atomic E-state index is 4.64. The Morgan fingerprint density at radius 2 is 1.90 bits per heavy atom. The molecule has 0 aromatic carbocycles. The zero-order valence-electron chi connectivity index (χ0n) is 13.5. The van der Waals surface area contributed by atoms with Crippen LogP contribution in [-0.2, 0) is 5.41 Å². The lowest BCUT2D eigenvalue weighted by atomic mass is 9.96. The molecule has 0 saturated heterocycles. The molecule has 1 aromatic heterocycles. The summed E-state index contributed by atoms with van der Waals surface area (Å²) in [4.78, 5) is 9.10. The molecular weight excluding hydrogens is 314 g/mol. The summed E-state index contributed by atoms with van der Waals surface area (Å²) in [5.41, 5.74) is -0.0371. The average molecular weight is 342 g/mol. The van der Waals surface area contributed by atoms with Gasteiger partial charge in [0.1, 0.15) is 16.2 Å². The number of anilines is 1. The summed E-state index contributed by atoms with van der Waals surface area (Å²) >= 11 is 3.48. The first-order valence-corrected chi connectivity index (χ1v) is 8.44. The number of unbranched alkanes of at least 4 members (excludes halogenated alkanes) is 3. The molecule has 0 aliphatic carbocycles. The van der Waals surface area contributed by atoms with E-state index in [1.54, 1.807) is 0 Å². The van der Waals surface area contributed by atoms with Gasteiger partial charge < -0.3 is 5.32 Å². The number of nitrogens with zero attached hydrogens (tertiary/aromatic N) is 2. The van der Waals surface area contributed by atoms with Gasteiger partial charge in [0.15, 0.2) is 0 Å². The van der Waals surface area contributed by atoms with Crippen LogP contribution in [0.3, 0.4) is 0 Å². The average Bonchev–Trinajstić information content (AvgIpc) is 2.33. The van der Waals surface area contributed by atoms with E-state index in [-0.39, 0.29) is 5.41 Å². The van der Waals surface area contributed by atoms with E-state index in [9.17, 15) is 0 Å². The fourth-order valence-electron chi connectivity index (χ4n) is 2.03. The van der Waals surface area contributed by atoms with Gasteiger partial charge in [0.2, 0.25) is 0 Å². The van der Waals surface area contributed by atoms with Gasteiger partial charge >= 0.3 is 0 Å². The van der Waals surface area contributed by atoms with Crippen LogP contribution in [0.2, 0.25) is 0 Å². The van der Waals surface area contributed by atoms with Gasteiger partial charge in [0, 0.05) is 17.5 Å². The van der Waals surface area contributed by atoms with Crippen LogP contribution in [0, 0.1) is 0 Å². The molecule has 1 rings (SSSR count). The van der Waals surface area contributed by atoms with Gasteiger partial charge in [-0.1, -0.05) is 53.4 Å². The quantitative estimate of drug-likeness (QED) is 0.539. The predicted octanol–water partition coefficient (Wildman–Crippen LogP) is 5.31. The number of nitrogens with one attached hydrogen (secondary N) is 1. The number of aromatic nitrogens is 2. The molecule has 0 bridgehead atoms. The first-order chi connectivity index (χ1) is 9.32. The van der Waals surface area contributed by atoms with Gasteiger partial charge in [-0.15, -0.1) is 0 Å². The molecule has 0 amide bonds. The van der Waals surface area contributed by atoms with Crippen molar-refractivity contribution < 1.29 is 0 Å². The minimum Gasteiger partial charge on any atom is -0.367 e. The zero-order chi connectivity index (χ0) is 15.2. The molecule has 1 aromatic rings. The van der Waals surface area contributed by atoms with E-state index in [0.29, 0.717) is 6.04 Å². The molecule has 0 saturated carbocycles. The lowest BCUT2D eigenvalue weighted by Crippen LogP contribution is -2.20. The van der Waals surface area contributed by atoms with E-state index in [0.717, 1.165) is 16.2 Å². The van der Waals surface area contributed by atoms with E-state index in [1.165, 1.54) is 32.1 Å². The fraction of sp³-hybridized carbons (Fsp3) is 0.750. The second-order valence-electron chi connectivity index (χ2n) is 6.54. The van der Waals surface area contributed by atoms with Gasteiger partial charge in [-0.25, -0.2) is 9.97 Å². The maximum Gasteiger partial charge on any atom is 0.137 e. The van der Waals surface area contributed by atoms with E-state index < -0.39 is 0 Å². The number of hydrogen-bond acceptors (Lipinski definition) is 3. The molecule has 1 unspecified atom stereocenters. The highest BCUT2D eigenvalue weighted by Gasteiger charge is 2.19. The second-order valence-corrected chi connectivity index (χ2v) is 7.36. The summed E-state index contributed by atoms with van der Waals surface area (Å²) in [5.74, 6) is 1.78. The highest BCUT2D eigenvalue weighted by atomic mass is 79.9. The molecule has 0 fully saturated rings. The van der Waals surface area contributed by atoms with E-state index in [1.807, 2.05) is 6.07 Å². The Kier molecular flexibility index (Phi) is 6.93. The van der Waals surface area contributed by atoms with Crippen molar-refractivity contribution in [1.82, 2.24) is 9.97 Å². The summed E-state index contributed by atoms with van der Waals surface area (Å²) < 4.78 is 0.845. The Bertz CT molecular complexity index is 413. The van der Waals surface area contributed by atoms with E-state index >= 15 is 0 Å². The fourth-order valence-corrected chi connectivity index (χ4v) is 2.41. The van der Waals surface area contributed by atoms with Gasteiger partial charge in [-0.05, 0) is 29.3 Å². The highest BCUT2D eigenvalue weighted by Crippen LogP contribution is 2.23. The molecule has 1 atom stereocenters. The first-order valence-electron chi connectivity index (χ1n) is 7.64. The maximum absolute atomic E-state index is 4.64. The summed E-state index contributed by atoms with van der Waals surface area (Å²) in [6.07, 6.45) is 6.41. The third-order valence-corrected chi connectivity index (χ3v) is 3.66. The molecule has 0 radical (unpaired) electrons. The first kappa shape index (κ1) is 17.4. The van der Waals surface area contributed by atoms with Gasteiger partial charge in [-0.3, -0.25) is 0 Å².